The number of nitrogens with zero attached hydrogens (tertiary/aromatic N) is 1. The van der Waals surface area contributed by atoms with Crippen LogP contribution < -0.4 is 0 Å². The van der Waals surface area contributed by atoms with Gasteiger partial charge in [0.2, 0.25) is 0 Å². The third-order valence-electron chi connectivity index (χ3n) is 1.66. The van der Waals surface area contributed by atoms with Crippen molar-refractivity contribution < 1.29 is 13.5 Å². The van der Waals surface area contributed by atoms with Gasteiger partial charge in [-0.2, -0.15) is 0 Å². The lowest BCUT2D eigenvalue weighted by molar-refractivity contribution is 0.0396. The molecule has 86 valence electrons. The Hall–Kier alpha value is 0.0700. The highest BCUT2D eigenvalue weighted by molar-refractivity contribution is 6.18. The van der Waals surface area contributed by atoms with E-state index >= 15 is 0 Å². The minimum absolute atomic E-state index is 0.138. The van der Waals surface area contributed by atoms with Gasteiger partial charge in [0.15, 0.2) is 0 Å². The monoisotopic (exact) mass is 229 g/mol. The van der Waals surface area contributed by atoms with Crippen molar-refractivity contribution in [3.8, 4) is 0 Å². The maximum absolute atomic E-state index is 12.1. The van der Waals surface area contributed by atoms with Gasteiger partial charge in [0.1, 0.15) is 0 Å². The Morgan fingerprint density at radius 2 is 1.93 bits per heavy atom. The first-order valence-electron chi connectivity index (χ1n) is 4.74. The summed E-state index contributed by atoms with van der Waals surface area (Å²) in [7, 11) is 0. The second kappa shape index (κ2) is 8.38. The Labute approximate surface area is 89.2 Å². The first-order chi connectivity index (χ1) is 6.56. The molecule has 0 aromatic carbocycles. The molecule has 0 heterocycles. The molecule has 0 aliphatic carbocycles. The van der Waals surface area contributed by atoms with E-state index in [1.165, 1.54) is 0 Å². The molecule has 0 saturated heterocycles. The van der Waals surface area contributed by atoms with Crippen molar-refractivity contribution in [1.82, 2.24) is 4.90 Å². The van der Waals surface area contributed by atoms with Crippen LogP contribution in [-0.4, -0.2) is 49.6 Å². The van der Waals surface area contributed by atoms with Crippen molar-refractivity contribution in [3.63, 3.8) is 0 Å². The Balaban J connectivity index is 3.61. The van der Waals surface area contributed by atoms with E-state index in [1.54, 1.807) is 4.90 Å². The number of hydrogen-bond donors (Lipinski definition) is 0. The molecule has 5 heteroatoms. The molecule has 2 nitrogen and oxygen atoms in total. The van der Waals surface area contributed by atoms with E-state index in [0.29, 0.717) is 25.6 Å². The third-order valence-corrected chi connectivity index (χ3v) is 1.82. The SMILES string of the molecule is CC(C)OCCN(CCCl)CC(F)F. The first kappa shape index (κ1) is 14.1. The van der Waals surface area contributed by atoms with Gasteiger partial charge in [-0.1, -0.05) is 0 Å². The zero-order chi connectivity index (χ0) is 11.0. The fraction of sp³-hybridized carbons (Fsp3) is 1.00. The molecule has 0 N–H and O–H groups in total. The summed E-state index contributed by atoms with van der Waals surface area (Å²) in [5, 5.41) is 0. The van der Waals surface area contributed by atoms with Gasteiger partial charge in [0.25, 0.3) is 6.43 Å². The van der Waals surface area contributed by atoms with E-state index in [1.807, 2.05) is 13.8 Å². The first-order valence-corrected chi connectivity index (χ1v) is 5.27. The van der Waals surface area contributed by atoms with Crippen molar-refractivity contribution in [2.75, 3.05) is 32.1 Å². The van der Waals surface area contributed by atoms with E-state index in [4.69, 9.17) is 16.3 Å². The van der Waals surface area contributed by atoms with Gasteiger partial charge in [-0.05, 0) is 13.8 Å². The lowest BCUT2D eigenvalue weighted by Crippen LogP contribution is -2.34. The van der Waals surface area contributed by atoms with Gasteiger partial charge in [0, 0.05) is 19.0 Å². The molecule has 0 radical (unpaired) electrons. The van der Waals surface area contributed by atoms with Crippen LogP contribution in [0, 0.1) is 0 Å². The van der Waals surface area contributed by atoms with Gasteiger partial charge in [0.05, 0.1) is 19.3 Å². The molecular formula is C9H18ClF2NO. The molecule has 0 atom stereocenters. The smallest absolute Gasteiger partial charge is 0.251 e. The van der Waals surface area contributed by atoms with Crippen molar-refractivity contribution in [2.45, 2.75) is 26.4 Å². The lowest BCUT2D eigenvalue weighted by atomic mass is 10.4. The van der Waals surface area contributed by atoms with Crippen LogP contribution in [0.4, 0.5) is 8.78 Å². The highest BCUT2D eigenvalue weighted by Crippen LogP contribution is 1.99. The third kappa shape index (κ3) is 8.66. The van der Waals surface area contributed by atoms with Crippen molar-refractivity contribution in [1.29, 1.82) is 0 Å². The molecule has 0 aliphatic heterocycles. The van der Waals surface area contributed by atoms with Gasteiger partial charge >= 0.3 is 0 Å². The molecule has 0 fully saturated rings. The maximum atomic E-state index is 12.1. The fourth-order valence-corrected chi connectivity index (χ4v) is 1.27. The molecular weight excluding hydrogens is 212 g/mol. The molecule has 0 aromatic rings. The number of ether oxygens (including phenoxy) is 1. The zero-order valence-corrected chi connectivity index (χ0v) is 9.44. The summed E-state index contributed by atoms with van der Waals surface area (Å²) in [6, 6.07) is 0. The summed E-state index contributed by atoms with van der Waals surface area (Å²) in [6.07, 6.45) is -2.17. The quantitative estimate of drug-likeness (QED) is 0.592. The van der Waals surface area contributed by atoms with Gasteiger partial charge in [-0.3, -0.25) is 4.90 Å². The zero-order valence-electron chi connectivity index (χ0n) is 8.68. The van der Waals surface area contributed by atoms with E-state index in [2.05, 4.69) is 0 Å². The topological polar surface area (TPSA) is 12.5 Å². The Bertz CT molecular complexity index is 136. The summed E-state index contributed by atoms with van der Waals surface area (Å²) in [5.74, 6) is 0.369. The molecule has 0 saturated carbocycles. The van der Waals surface area contributed by atoms with Crippen LogP contribution in [0.25, 0.3) is 0 Å². The molecule has 0 bridgehead atoms. The predicted molar refractivity (Wildman–Crippen MR) is 54.3 cm³/mol. The number of rotatable bonds is 8. The number of alkyl halides is 3. The number of halogens is 3. The van der Waals surface area contributed by atoms with E-state index in [-0.39, 0.29) is 12.6 Å². The van der Waals surface area contributed by atoms with Crippen LogP contribution in [-0.2, 0) is 4.74 Å². The minimum Gasteiger partial charge on any atom is -0.377 e. The largest absolute Gasteiger partial charge is 0.377 e. The molecule has 0 aromatic heterocycles. The minimum atomic E-state index is -2.31. The second-order valence-corrected chi connectivity index (χ2v) is 3.68. The summed E-state index contributed by atoms with van der Waals surface area (Å²) >= 11 is 5.49. The van der Waals surface area contributed by atoms with Crippen molar-refractivity contribution >= 4 is 11.6 Å². The van der Waals surface area contributed by atoms with Gasteiger partial charge < -0.3 is 4.74 Å². The van der Waals surface area contributed by atoms with Crippen LogP contribution in [0.15, 0.2) is 0 Å². The molecule has 0 aliphatic rings. The summed E-state index contributed by atoms with van der Waals surface area (Å²) < 4.78 is 29.4. The van der Waals surface area contributed by atoms with Crippen molar-refractivity contribution in [2.24, 2.45) is 0 Å². The number of hydrogen-bond acceptors (Lipinski definition) is 2. The average Bonchev–Trinajstić information content (AvgIpc) is 2.02. The molecule has 0 unspecified atom stereocenters. The highest BCUT2D eigenvalue weighted by atomic mass is 35.5. The van der Waals surface area contributed by atoms with Gasteiger partial charge in [-0.15, -0.1) is 11.6 Å². The molecule has 0 amide bonds. The van der Waals surface area contributed by atoms with Crippen LogP contribution >= 0.6 is 11.6 Å². The summed E-state index contributed by atoms with van der Waals surface area (Å²) in [6.45, 7) is 5.07. The van der Waals surface area contributed by atoms with E-state index < -0.39 is 6.43 Å². The standard InChI is InChI=1S/C9H18ClF2NO/c1-8(2)14-6-5-13(4-3-10)7-9(11)12/h8-9H,3-7H2,1-2H3. The maximum Gasteiger partial charge on any atom is 0.251 e. The van der Waals surface area contributed by atoms with E-state index in [9.17, 15) is 8.78 Å². The fourth-order valence-electron chi connectivity index (χ4n) is 1.03. The van der Waals surface area contributed by atoms with Crippen LogP contribution in [0.3, 0.4) is 0 Å². The normalized spacial score (nSPS) is 12.0. The average molecular weight is 230 g/mol. The van der Waals surface area contributed by atoms with E-state index in [0.717, 1.165) is 0 Å². The van der Waals surface area contributed by atoms with Gasteiger partial charge in [-0.25, -0.2) is 8.78 Å². The molecule has 0 spiro atoms. The van der Waals surface area contributed by atoms with Crippen LogP contribution in [0.1, 0.15) is 13.8 Å². The Morgan fingerprint density at radius 3 is 2.36 bits per heavy atom. The summed E-state index contributed by atoms with van der Waals surface area (Å²) in [5.41, 5.74) is 0. The van der Waals surface area contributed by atoms with Crippen LogP contribution in [0.5, 0.6) is 0 Å². The van der Waals surface area contributed by atoms with Crippen LogP contribution in [0.2, 0.25) is 0 Å². The molecule has 14 heavy (non-hydrogen) atoms. The predicted octanol–water partition coefficient (Wildman–Crippen LogP) is 2.22. The highest BCUT2D eigenvalue weighted by Gasteiger charge is 2.11. The lowest BCUT2D eigenvalue weighted by Gasteiger charge is -2.21. The summed E-state index contributed by atoms with van der Waals surface area (Å²) in [4.78, 5) is 1.61. The Morgan fingerprint density at radius 1 is 1.29 bits per heavy atom. The molecule has 0 rings (SSSR count). The Kier molecular flexibility index (Phi) is 8.43. The van der Waals surface area contributed by atoms with Crippen molar-refractivity contribution in [3.05, 3.63) is 0 Å². The second-order valence-electron chi connectivity index (χ2n) is 3.30.